The van der Waals surface area contributed by atoms with Crippen molar-refractivity contribution in [3.05, 3.63) is 28.8 Å². The topological polar surface area (TPSA) is 35.2 Å². The summed E-state index contributed by atoms with van der Waals surface area (Å²) in [4.78, 5) is 0. The number of hydrogen-bond donors (Lipinski definition) is 1. The van der Waals surface area contributed by atoms with Crippen LogP contribution in [0.4, 0.5) is 0 Å². The summed E-state index contributed by atoms with van der Waals surface area (Å²) in [5, 5.41) is 0. The van der Waals surface area contributed by atoms with Crippen molar-refractivity contribution in [3.63, 3.8) is 0 Å². The smallest absolute Gasteiger partial charge is 0.125 e. The second-order valence-corrected chi connectivity index (χ2v) is 4.61. The van der Waals surface area contributed by atoms with E-state index in [1.165, 1.54) is 29.5 Å². The minimum absolute atomic E-state index is 0.753. The van der Waals surface area contributed by atoms with Gasteiger partial charge in [0.25, 0.3) is 0 Å². The molecule has 1 aromatic carbocycles. The summed E-state index contributed by atoms with van der Waals surface area (Å²) in [5.74, 6) is 1.15. The van der Waals surface area contributed by atoms with Gasteiger partial charge in [-0.15, -0.1) is 0 Å². The van der Waals surface area contributed by atoms with Crippen LogP contribution in [0.1, 0.15) is 36.0 Å². The van der Waals surface area contributed by atoms with Crippen molar-refractivity contribution in [2.45, 2.75) is 39.0 Å². The van der Waals surface area contributed by atoms with Crippen molar-refractivity contribution in [2.75, 3.05) is 13.2 Å². The minimum atomic E-state index is 0.753. The van der Waals surface area contributed by atoms with Gasteiger partial charge in [-0.3, -0.25) is 0 Å². The Morgan fingerprint density at radius 2 is 2.19 bits per heavy atom. The Kier molecular flexibility index (Phi) is 3.83. The summed E-state index contributed by atoms with van der Waals surface area (Å²) in [6.45, 7) is 3.78. The van der Waals surface area contributed by atoms with E-state index in [4.69, 9.17) is 10.5 Å². The van der Waals surface area contributed by atoms with Gasteiger partial charge >= 0.3 is 0 Å². The average molecular weight is 219 g/mol. The van der Waals surface area contributed by atoms with Gasteiger partial charge in [0.15, 0.2) is 0 Å². The third-order valence-electron chi connectivity index (χ3n) is 3.12. The molecule has 1 aliphatic heterocycles. The number of rotatable bonds is 3. The summed E-state index contributed by atoms with van der Waals surface area (Å²) < 4.78 is 5.89. The Hall–Kier alpha value is -1.02. The first-order valence-corrected chi connectivity index (χ1v) is 6.26. The van der Waals surface area contributed by atoms with Gasteiger partial charge in [-0.2, -0.15) is 0 Å². The molecule has 1 aromatic rings. The third kappa shape index (κ3) is 2.56. The maximum absolute atomic E-state index is 5.89. The molecular formula is C14H21NO. The molecule has 2 nitrogen and oxygen atoms in total. The first-order valence-electron chi connectivity index (χ1n) is 6.26. The van der Waals surface area contributed by atoms with Crippen LogP contribution < -0.4 is 10.5 Å². The van der Waals surface area contributed by atoms with Crippen LogP contribution in [0.15, 0.2) is 12.1 Å². The molecule has 0 unspecified atom stereocenters. The zero-order valence-electron chi connectivity index (χ0n) is 10.1. The van der Waals surface area contributed by atoms with Crippen LogP contribution in [0.3, 0.4) is 0 Å². The molecule has 1 heterocycles. The van der Waals surface area contributed by atoms with Gasteiger partial charge in [-0.05, 0) is 56.7 Å². The summed E-state index contributed by atoms with van der Waals surface area (Å²) >= 11 is 0. The van der Waals surface area contributed by atoms with Gasteiger partial charge in [0.2, 0.25) is 0 Å². The zero-order chi connectivity index (χ0) is 11.4. The fraction of sp³-hybridized carbons (Fsp3) is 0.571. The van der Waals surface area contributed by atoms with Gasteiger partial charge < -0.3 is 10.5 Å². The fourth-order valence-corrected chi connectivity index (χ4v) is 2.37. The van der Waals surface area contributed by atoms with E-state index in [0.717, 1.165) is 38.2 Å². The number of ether oxygens (including phenoxy) is 1. The van der Waals surface area contributed by atoms with E-state index in [2.05, 4.69) is 19.1 Å². The lowest BCUT2D eigenvalue weighted by molar-refractivity contribution is 0.313. The molecule has 0 spiro atoms. The summed E-state index contributed by atoms with van der Waals surface area (Å²) in [7, 11) is 0. The maximum Gasteiger partial charge on any atom is 0.125 e. The maximum atomic E-state index is 5.89. The van der Waals surface area contributed by atoms with Crippen LogP contribution in [-0.4, -0.2) is 13.2 Å². The van der Waals surface area contributed by atoms with Crippen LogP contribution in [0.5, 0.6) is 5.75 Å². The lowest BCUT2D eigenvalue weighted by atomic mass is 9.98. The van der Waals surface area contributed by atoms with Crippen LogP contribution >= 0.6 is 0 Å². The van der Waals surface area contributed by atoms with Crippen molar-refractivity contribution < 1.29 is 4.74 Å². The van der Waals surface area contributed by atoms with Crippen LogP contribution in [0.2, 0.25) is 0 Å². The van der Waals surface area contributed by atoms with Gasteiger partial charge in [-0.25, -0.2) is 0 Å². The third-order valence-corrected chi connectivity index (χ3v) is 3.12. The normalized spacial score (nSPS) is 15.1. The van der Waals surface area contributed by atoms with Gasteiger partial charge in [0.05, 0.1) is 6.61 Å². The molecule has 0 aliphatic carbocycles. The molecule has 16 heavy (non-hydrogen) atoms. The molecule has 88 valence electrons. The van der Waals surface area contributed by atoms with Crippen molar-refractivity contribution in [3.8, 4) is 5.75 Å². The van der Waals surface area contributed by atoms with Crippen molar-refractivity contribution in [2.24, 2.45) is 5.73 Å². The number of nitrogens with two attached hydrogens (primary N) is 1. The fourth-order valence-electron chi connectivity index (χ4n) is 2.37. The average Bonchev–Trinajstić information content (AvgIpc) is 2.50. The molecule has 0 saturated heterocycles. The lowest BCUT2D eigenvalue weighted by Gasteiger charge is -2.14. The van der Waals surface area contributed by atoms with Gasteiger partial charge in [-0.1, -0.05) is 17.7 Å². The second kappa shape index (κ2) is 5.35. The molecule has 0 fully saturated rings. The largest absolute Gasteiger partial charge is 0.493 e. The Labute approximate surface area is 97.8 Å². The van der Waals surface area contributed by atoms with E-state index in [-0.39, 0.29) is 0 Å². The molecule has 0 saturated carbocycles. The van der Waals surface area contributed by atoms with Crippen molar-refractivity contribution in [1.29, 1.82) is 0 Å². The molecule has 0 aromatic heterocycles. The molecular weight excluding hydrogens is 198 g/mol. The highest BCUT2D eigenvalue weighted by atomic mass is 16.5. The highest BCUT2D eigenvalue weighted by Crippen LogP contribution is 2.30. The van der Waals surface area contributed by atoms with E-state index in [0.29, 0.717) is 0 Å². The highest BCUT2D eigenvalue weighted by molar-refractivity contribution is 5.45. The first kappa shape index (κ1) is 11.5. The Balaban J connectivity index is 2.31. The minimum Gasteiger partial charge on any atom is -0.493 e. The second-order valence-electron chi connectivity index (χ2n) is 4.61. The van der Waals surface area contributed by atoms with E-state index >= 15 is 0 Å². The Bertz CT molecular complexity index is 360. The van der Waals surface area contributed by atoms with E-state index in [9.17, 15) is 0 Å². The number of aryl methyl sites for hydroxylation is 3. The Morgan fingerprint density at radius 1 is 1.31 bits per heavy atom. The summed E-state index contributed by atoms with van der Waals surface area (Å²) in [6, 6.07) is 4.52. The molecule has 0 bridgehead atoms. The lowest BCUT2D eigenvalue weighted by Crippen LogP contribution is -2.04. The van der Waals surface area contributed by atoms with E-state index in [1.54, 1.807) is 0 Å². The molecule has 1 aliphatic rings. The SMILES string of the molecule is Cc1cc(CCCN)c2c(c1)CCCCO2. The predicted molar refractivity (Wildman–Crippen MR) is 67.0 cm³/mol. The van der Waals surface area contributed by atoms with E-state index < -0.39 is 0 Å². The quantitative estimate of drug-likeness (QED) is 0.848. The molecule has 2 N–H and O–H groups in total. The van der Waals surface area contributed by atoms with Crippen molar-refractivity contribution >= 4 is 0 Å². The first-order chi connectivity index (χ1) is 7.81. The number of hydrogen-bond acceptors (Lipinski definition) is 2. The van der Waals surface area contributed by atoms with E-state index in [1.807, 2.05) is 0 Å². The van der Waals surface area contributed by atoms with Crippen LogP contribution in [0.25, 0.3) is 0 Å². The Morgan fingerprint density at radius 3 is 3.00 bits per heavy atom. The molecule has 2 heteroatoms. The van der Waals surface area contributed by atoms with Gasteiger partial charge in [0, 0.05) is 0 Å². The standard InChI is InChI=1S/C14H21NO/c1-11-9-12-5-2-3-8-16-14(12)13(10-11)6-4-7-15/h9-10H,2-8,15H2,1H3. The molecule has 0 amide bonds. The summed E-state index contributed by atoms with van der Waals surface area (Å²) in [6.07, 6.45) is 5.66. The highest BCUT2D eigenvalue weighted by Gasteiger charge is 2.13. The summed E-state index contributed by atoms with van der Waals surface area (Å²) in [5.41, 5.74) is 9.67. The zero-order valence-corrected chi connectivity index (χ0v) is 10.1. The predicted octanol–water partition coefficient (Wildman–Crippen LogP) is 2.60. The van der Waals surface area contributed by atoms with Gasteiger partial charge in [0.1, 0.15) is 5.75 Å². The van der Waals surface area contributed by atoms with Crippen LogP contribution in [-0.2, 0) is 12.8 Å². The van der Waals surface area contributed by atoms with Crippen LogP contribution in [0, 0.1) is 6.92 Å². The monoisotopic (exact) mass is 219 g/mol. The molecule has 0 radical (unpaired) electrons. The molecule has 0 atom stereocenters. The number of benzene rings is 1. The molecule has 2 rings (SSSR count). The number of fused-ring (bicyclic) bond motifs is 1. The van der Waals surface area contributed by atoms with Crippen molar-refractivity contribution in [1.82, 2.24) is 0 Å².